The molecule has 1 fully saturated rings. The van der Waals surface area contributed by atoms with Gasteiger partial charge in [0.15, 0.2) is 0 Å². The van der Waals surface area contributed by atoms with E-state index in [0.29, 0.717) is 13.1 Å². The Morgan fingerprint density at radius 2 is 2.12 bits per heavy atom. The lowest BCUT2D eigenvalue weighted by Crippen LogP contribution is -2.33. The Balaban J connectivity index is 1.84. The second kappa shape index (κ2) is 5.82. The molecule has 0 spiro atoms. The van der Waals surface area contributed by atoms with Gasteiger partial charge in [0.2, 0.25) is 5.91 Å². The number of nitrogens with one attached hydrogen (secondary N) is 2. The largest absolute Gasteiger partial charge is 0.355 e. The van der Waals surface area contributed by atoms with Gasteiger partial charge < -0.3 is 10.6 Å². The predicted octanol–water partition coefficient (Wildman–Crippen LogP) is 1.79. The van der Waals surface area contributed by atoms with Crippen molar-refractivity contribution in [2.75, 3.05) is 13.1 Å². The van der Waals surface area contributed by atoms with Gasteiger partial charge in [-0.2, -0.15) is 0 Å². The van der Waals surface area contributed by atoms with Crippen LogP contribution in [0.25, 0.3) is 0 Å². The number of hydrogen-bond acceptors (Lipinski definition) is 2. The molecule has 1 amide bonds. The number of rotatable bonds is 6. The maximum atomic E-state index is 11.3. The summed E-state index contributed by atoms with van der Waals surface area (Å²) < 4.78 is 0. The van der Waals surface area contributed by atoms with E-state index in [4.69, 9.17) is 0 Å². The van der Waals surface area contributed by atoms with Crippen molar-refractivity contribution in [3.8, 4) is 0 Å². The van der Waals surface area contributed by atoms with Gasteiger partial charge in [0.1, 0.15) is 0 Å². The summed E-state index contributed by atoms with van der Waals surface area (Å²) in [6.07, 6.45) is 2.63. The van der Waals surface area contributed by atoms with Crippen molar-refractivity contribution in [2.24, 2.45) is 0 Å². The molecule has 0 saturated heterocycles. The molecule has 1 aromatic rings. The van der Waals surface area contributed by atoms with E-state index in [1.807, 2.05) is 6.92 Å². The molecule has 3 nitrogen and oxygen atoms in total. The Morgan fingerprint density at radius 3 is 2.82 bits per heavy atom. The van der Waals surface area contributed by atoms with Crippen LogP contribution in [-0.4, -0.2) is 19.0 Å². The monoisotopic (exact) mass is 232 g/mol. The third-order valence-corrected chi connectivity index (χ3v) is 3.05. The van der Waals surface area contributed by atoms with Crippen LogP contribution in [-0.2, 0) is 11.3 Å². The maximum absolute atomic E-state index is 11.3. The van der Waals surface area contributed by atoms with Crippen LogP contribution in [0.3, 0.4) is 0 Å². The average molecular weight is 232 g/mol. The van der Waals surface area contributed by atoms with Gasteiger partial charge in [-0.3, -0.25) is 4.79 Å². The fraction of sp³-hybridized carbons (Fsp3) is 0.500. The van der Waals surface area contributed by atoms with Crippen LogP contribution in [0.1, 0.15) is 36.8 Å². The lowest BCUT2D eigenvalue weighted by Gasteiger charge is -2.09. The van der Waals surface area contributed by atoms with E-state index in [1.165, 1.54) is 24.0 Å². The summed E-state index contributed by atoms with van der Waals surface area (Å²) >= 11 is 0. The van der Waals surface area contributed by atoms with Gasteiger partial charge in [0, 0.05) is 13.1 Å². The number of amides is 1. The Labute approximate surface area is 103 Å². The van der Waals surface area contributed by atoms with Crippen molar-refractivity contribution in [3.63, 3.8) is 0 Å². The first-order valence-corrected chi connectivity index (χ1v) is 6.36. The smallest absolute Gasteiger partial charge is 0.233 e. The lowest BCUT2D eigenvalue weighted by atomic mass is 10.0. The number of carbonyl (C=O) groups excluding carboxylic acids is 1. The minimum atomic E-state index is 0.0661. The third-order valence-electron chi connectivity index (χ3n) is 3.05. The standard InChI is InChI=1S/C14H20N2O/c1-2-16-14(17)10-15-9-12-5-3-4-6-13(12)11-7-8-11/h3-6,11,15H,2,7-10H2,1H3,(H,16,17). The molecule has 17 heavy (non-hydrogen) atoms. The normalized spacial score (nSPS) is 14.6. The maximum Gasteiger partial charge on any atom is 0.233 e. The van der Waals surface area contributed by atoms with Crippen LogP contribution in [0.2, 0.25) is 0 Å². The lowest BCUT2D eigenvalue weighted by molar-refractivity contribution is -0.120. The minimum Gasteiger partial charge on any atom is -0.355 e. The van der Waals surface area contributed by atoms with E-state index >= 15 is 0 Å². The molecule has 0 unspecified atom stereocenters. The first-order chi connectivity index (χ1) is 8.31. The molecular weight excluding hydrogens is 212 g/mol. The number of likely N-dealkylation sites (N-methyl/N-ethyl adjacent to an activating group) is 1. The molecule has 92 valence electrons. The number of hydrogen-bond donors (Lipinski definition) is 2. The summed E-state index contributed by atoms with van der Waals surface area (Å²) in [5.74, 6) is 0.828. The Kier molecular flexibility index (Phi) is 4.15. The molecule has 1 aliphatic carbocycles. The molecule has 0 atom stereocenters. The minimum absolute atomic E-state index is 0.0661. The van der Waals surface area contributed by atoms with Gasteiger partial charge in [-0.05, 0) is 36.8 Å². The van der Waals surface area contributed by atoms with Crippen molar-refractivity contribution in [2.45, 2.75) is 32.2 Å². The molecule has 0 aliphatic heterocycles. The van der Waals surface area contributed by atoms with E-state index in [2.05, 4.69) is 34.9 Å². The third kappa shape index (κ3) is 3.56. The summed E-state index contributed by atoms with van der Waals surface area (Å²) in [4.78, 5) is 11.3. The highest BCUT2D eigenvalue weighted by Gasteiger charge is 2.25. The van der Waals surface area contributed by atoms with E-state index < -0.39 is 0 Å². The second-order valence-corrected chi connectivity index (χ2v) is 4.53. The quantitative estimate of drug-likeness (QED) is 0.785. The van der Waals surface area contributed by atoms with Crippen molar-refractivity contribution >= 4 is 5.91 Å². The van der Waals surface area contributed by atoms with Gasteiger partial charge in [-0.15, -0.1) is 0 Å². The van der Waals surface area contributed by atoms with Crippen molar-refractivity contribution < 1.29 is 4.79 Å². The van der Waals surface area contributed by atoms with Crippen LogP contribution >= 0.6 is 0 Å². The van der Waals surface area contributed by atoms with Crippen molar-refractivity contribution in [1.29, 1.82) is 0 Å². The van der Waals surface area contributed by atoms with Gasteiger partial charge in [-0.25, -0.2) is 0 Å². The van der Waals surface area contributed by atoms with Crippen LogP contribution in [0, 0.1) is 0 Å². The Hall–Kier alpha value is -1.35. The molecule has 1 saturated carbocycles. The van der Waals surface area contributed by atoms with Crippen LogP contribution in [0.15, 0.2) is 24.3 Å². The molecule has 2 rings (SSSR count). The van der Waals surface area contributed by atoms with Gasteiger partial charge in [0.25, 0.3) is 0 Å². The first kappa shape index (κ1) is 12.1. The highest BCUT2D eigenvalue weighted by molar-refractivity contribution is 5.77. The first-order valence-electron chi connectivity index (χ1n) is 6.36. The Bertz CT molecular complexity index is 386. The molecule has 1 aromatic carbocycles. The molecule has 3 heteroatoms. The molecule has 2 N–H and O–H groups in total. The SMILES string of the molecule is CCNC(=O)CNCc1ccccc1C1CC1. The van der Waals surface area contributed by atoms with Gasteiger partial charge in [-0.1, -0.05) is 24.3 Å². The summed E-state index contributed by atoms with van der Waals surface area (Å²) in [5.41, 5.74) is 2.79. The zero-order valence-corrected chi connectivity index (χ0v) is 10.3. The molecule has 0 heterocycles. The van der Waals surface area contributed by atoms with E-state index in [-0.39, 0.29) is 5.91 Å². The average Bonchev–Trinajstić information content (AvgIpc) is 3.14. The molecule has 0 aromatic heterocycles. The zero-order chi connectivity index (χ0) is 12.1. The highest BCUT2D eigenvalue weighted by Crippen LogP contribution is 2.41. The summed E-state index contributed by atoms with van der Waals surface area (Å²) in [7, 11) is 0. The summed E-state index contributed by atoms with van der Waals surface area (Å²) in [6, 6.07) is 8.52. The van der Waals surface area contributed by atoms with Crippen LogP contribution in [0.4, 0.5) is 0 Å². The fourth-order valence-corrected chi connectivity index (χ4v) is 2.06. The topological polar surface area (TPSA) is 41.1 Å². The number of carbonyl (C=O) groups is 1. The van der Waals surface area contributed by atoms with E-state index in [1.54, 1.807) is 0 Å². The van der Waals surface area contributed by atoms with Crippen molar-refractivity contribution in [1.82, 2.24) is 10.6 Å². The summed E-state index contributed by atoms with van der Waals surface area (Å²) in [6.45, 7) is 3.80. The van der Waals surface area contributed by atoms with Gasteiger partial charge >= 0.3 is 0 Å². The summed E-state index contributed by atoms with van der Waals surface area (Å²) in [5, 5.41) is 5.98. The predicted molar refractivity (Wildman–Crippen MR) is 68.8 cm³/mol. The number of benzene rings is 1. The molecule has 0 bridgehead atoms. The molecule has 1 aliphatic rings. The Morgan fingerprint density at radius 1 is 1.35 bits per heavy atom. The molecule has 0 radical (unpaired) electrons. The van der Waals surface area contributed by atoms with Crippen LogP contribution in [0.5, 0.6) is 0 Å². The van der Waals surface area contributed by atoms with Crippen LogP contribution < -0.4 is 10.6 Å². The van der Waals surface area contributed by atoms with E-state index in [9.17, 15) is 4.79 Å². The zero-order valence-electron chi connectivity index (χ0n) is 10.3. The fourth-order valence-electron chi connectivity index (χ4n) is 2.06. The highest BCUT2D eigenvalue weighted by atomic mass is 16.1. The second-order valence-electron chi connectivity index (χ2n) is 4.53. The molecular formula is C14H20N2O. The van der Waals surface area contributed by atoms with Crippen molar-refractivity contribution in [3.05, 3.63) is 35.4 Å². The van der Waals surface area contributed by atoms with E-state index in [0.717, 1.165) is 12.5 Å². The van der Waals surface area contributed by atoms with Gasteiger partial charge in [0.05, 0.1) is 6.54 Å².